The number of hydrogen-bond donors (Lipinski definition) is 2. The largest absolute Gasteiger partial charge is 0.326 e. The first kappa shape index (κ1) is 20.3. The summed E-state index contributed by atoms with van der Waals surface area (Å²) in [5, 5.41) is 6.14. The number of rotatable bonds is 5. The second-order valence-electron chi connectivity index (χ2n) is 6.95. The van der Waals surface area contributed by atoms with Gasteiger partial charge in [-0.05, 0) is 72.9 Å². The van der Waals surface area contributed by atoms with E-state index in [-0.39, 0.29) is 5.91 Å². The summed E-state index contributed by atoms with van der Waals surface area (Å²) in [6.07, 6.45) is 4.43. The predicted octanol–water partition coefficient (Wildman–Crippen LogP) is 4.66. The first-order valence-corrected chi connectivity index (χ1v) is 9.73. The molecule has 0 saturated carbocycles. The highest BCUT2D eigenvalue weighted by molar-refractivity contribution is 6.10. The SMILES string of the molecule is CCc1ccc(C(=O)NC(=NCc2cccnc2)Nc2ccc(C)c(C)c2)cc1. The number of guanidine groups is 1. The number of carbonyl (C=O) groups is 1. The van der Waals surface area contributed by atoms with Gasteiger partial charge in [0.25, 0.3) is 5.91 Å². The topological polar surface area (TPSA) is 66.4 Å². The highest BCUT2D eigenvalue weighted by Gasteiger charge is 2.10. The fraction of sp³-hybridized carbons (Fsp3) is 0.208. The van der Waals surface area contributed by atoms with Gasteiger partial charge in [0.1, 0.15) is 0 Å². The van der Waals surface area contributed by atoms with Crippen LogP contribution in [0.4, 0.5) is 5.69 Å². The van der Waals surface area contributed by atoms with Crippen molar-refractivity contribution in [3.05, 3.63) is 94.8 Å². The summed E-state index contributed by atoms with van der Waals surface area (Å²) in [5.74, 6) is 0.204. The zero-order valence-corrected chi connectivity index (χ0v) is 17.1. The summed E-state index contributed by atoms with van der Waals surface area (Å²) in [5.41, 5.74) is 6.01. The average molecular weight is 386 g/mol. The molecule has 3 rings (SSSR count). The summed E-state index contributed by atoms with van der Waals surface area (Å²) >= 11 is 0. The van der Waals surface area contributed by atoms with E-state index in [1.54, 1.807) is 12.4 Å². The third-order valence-corrected chi connectivity index (χ3v) is 4.77. The number of aliphatic imine (C=N–C) groups is 1. The predicted molar refractivity (Wildman–Crippen MR) is 118 cm³/mol. The van der Waals surface area contributed by atoms with Crippen molar-refractivity contribution < 1.29 is 4.79 Å². The lowest BCUT2D eigenvalue weighted by Gasteiger charge is -2.13. The molecule has 0 saturated heterocycles. The lowest BCUT2D eigenvalue weighted by Crippen LogP contribution is -2.36. The smallest absolute Gasteiger partial charge is 0.257 e. The maximum atomic E-state index is 12.7. The van der Waals surface area contributed by atoms with Gasteiger partial charge >= 0.3 is 0 Å². The molecule has 0 spiro atoms. The van der Waals surface area contributed by atoms with Crippen molar-refractivity contribution in [3.8, 4) is 0 Å². The fourth-order valence-corrected chi connectivity index (χ4v) is 2.80. The van der Waals surface area contributed by atoms with E-state index in [9.17, 15) is 4.79 Å². The summed E-state index contributed by atoms with van der Waals surface area (Å²) in [4.78, 5) is 21.4. The van der Waals surface area contributed by atoms with Gasteiger partial charge in [-0.2, -0.15) is 0 Å². The van der Waals surface area contributed by atoms with Crippen molar-refractivity contribution in [2.75, 3.05) is 5.32 Å². The molecule has 5 nitrogen and oxygen atoms in total. The van der Waals surface area contributed by atoms with E-state index in [4.69, 9.17) is 0 Å². The monoisotopic (exact) mass is 386 g/mol. The number of aryl methyl sites for hydroxylation is 3. The van der Waals surface area contributed by atoms with Crippen molar-refractivity contribution in [2.24, 2.45) is 4.99 Å². The molecule has 0 bridgehead atoms. The molecule has 2 aromatic carbocycles. The van der Waals surface area contributed by atoms with Gasteiger partial charge in [-0.15, -0.1) is 0 Å². The number of carbonyl (C=O) groups excluding carboxylic acids is 1. The van der Waals surface area contributed by atoms with Crippen LogP contribution in [0.2, 0.25) is 0 Å². The molecule has 3 aromatic rings. The molecule has 1 heterocycles. The molecule has 0 aliphatic rings. The van der Waals surface area contributed by atoms with Gasteiger partial charge in [0.15, 0.2) is 0 Å². The third kappa shape index (κ3) is 5.75. The summed E-state index contributed by atoms with van der Waals surface area (Å²) in [6.45, 7) is 6.63. The Balaban J connectivity index is 1.80. The zero-order valence-electron chi connectivity index (χ0n) is 17.1. The lowest BCUT2D eigenvalue weighted by atomic mass is 10.1. The minimum Gasteiger partial charge on any atom is -0.326 e. The Bertz CT molecular complexity index is 995. The second kappa shape index (κ2) is 9.64. The normalized spacial score (nSPS) is 11.2. The first-order chi connectivity index (χ1) is 14.0. The minimum atomic E-state index is -0.200. The number of amides is 1. The van der Waals surface area contributed by atoms with Gasteiger partial charge in [0.2, 0.25) is 5.96 Å². The Morgan fingerprint density at radius 3 is 2.45 bits per heavy atom. The molecular formula is C24H26N4O. The summed E-state index contributed by atoms with van der Waals surface area (Å²) < 4.78 is 0. The second-order valence-corrected chi connectivity index (χ2v) is 6.95. The molecule has 0 aliphatic heterocycles. The maximum Gasteiger partial charge on any atom is 0.257 e. The highest BCUT2D eigenvalue weighted by Crippen LogP contribution is 2.14. The van der Waals surface area contributed by atoms with Crippen LogP contribution < -0.4 is 10.6 Å². The molecule has 0 aliphatic carbocycles. The molecule has 1 aromatic heterocycles. The van der Waals surface area contributed by atoms with E-state index in [2.05, 4.69) is 41.4 Å². The van der Waals surface area contributed by atoms with Crippen LogP contribution in [0.5, 0.6) is 0 Å². The number of anilines is 1. The Morgan fingerprint density at radius 2 is 1.79 bits per heavy atom. The van der Waals surface area contributed by atoms with Gasteiger partial charge < -0.3 is 5.32 Å². The van der Waals surface area contributed by atoms with E-state index >= 15 is 0 Å². The maximum absolute atomic E-state index is 12.7. The van der Waals surface area contributed by atoms with Crippen LogP contribution in [0, 0.1) is 13.8 Å². The van der Waals surface area contributed by atoms with E-state index in [0.29, 0.717) is 18.1 Å². The molecule has 2 N–H and O–H groups in total. The number of nitrogens with one attached hydrogen (secondary N) is 2. The van der Waals surface area contributed by atoms with Crippen LogP contribution in [-0.4, -0.2) is 16.9 Å². The molecule has 1 amide bonds. The van der Waals surface area contributed by atoms with Crippen LogP contribution in [-0.2, 0) is 13.0 Å². The Morgan fingerprint density at radius 1 is 1.00 bits per heavy atom. The van der Waals surface area contributed by atoms with Crippen LogP contribution >= 0.6 is 0 Å². The molecular weight excluding hydrogens is 360 g/mol. The van der Waals surface area contributed by atoms with Gasteiger partial charge in [-0.3, -0.25) is 15.1 Å². The van der Waals surface area contributed by atoms with Crippen molar-refractivity contribution in [1.82, 2.24) is 10.3 Å². The van der Waals surface area contributed by atoms with E-state index in [1.807, 2.05) is 54.6 Å². The fourth-order valence-electron chi connectivity index (χ4n) is 2.80. The van der Waals surface area contributed by atoms with E-state index in [0.717, 1.165) is 17.7 Å². The molecule has 0 radical (unpaired) electrons. The number of aromatic nitrogens is 1. The van der Waals surface area contributed by atoms with Gasteiger partial charge in [0.05, 0.1) is 6.54 Å². The number of pyridine rings is 1. The van der Waals surface area contributed by atoms with Crippen LogP contribution in [0.3, 0.4) is 0 Å². The average Bonchev–Trinajstić information content (AvgIpc) is 2.75. The van der Waals surface area contributed by atoms with Crippen molar-refractivity contribution in [3.63, 3.8) is 0 Å². The van der Waals surface area contributed by atoms with Crippen molar-refractivity contribution >= 4 is 17.6 Å². The third-order valence-electron chi connectivity index (χ3n) is 4.77. The molecule has 0 fully saturated rings. The van der Waals surface area contributed by atoms with Gasteiger partial charge in [-0.25, -0.2) is 4.99 Å². The summed E-state index contributed by atoms with van der Waals surface area (Å²) in [7, 11) is 0. The minimum absolute atomic E-state index is 0.200. The number of benzene rings is 2. The summed E-state index contributed by atoms with van der Waals surface area (Å²) in [6, 6.07) is 17.5. The van der Waals surface area contributed by atoms with Crippen molar-refractivity contribution in [1.29, 1.82) is 0 Å². The Labute approximate surface area is 171 Å². The van der Waals surface area contributed by atoms with Gasteiger partial charge in [-0.1, -0.05) is 31.2 Å². The Hall–Kier alpha value is -3.47. The number of nitrogens with zero attached hydrogens (tertiary/aromatic N) is 2. The van der Waals surface area contributed by atoms with E-state index in [1.165, 1.54) is 16.7 Å². The van der Waals surface area contributed by atoms with Crippen LogP contribution in [0.15, 0.2) is 72.0 Å². The molecule has 29 heavy (non-hydrogen) atoms. The standard InChI is InChI=1S/C24H26N4O/c1-4-19-8-10-21(11-9-19)23(29)28-24(26-16-20-6-5-13-25-15-20)27-22-12-7-17(2)18(3)14-22/h5-15H,4,16H2,1-3H3,(H2,26,27,28,29). The molecule has 5 heteroatoms. The van der Waals surface area contributed by atoms with Gasteiger partial charge in [0, 0.05) is 23.6 Å². The lowest BCUT2D eigenvalue weighted by molar-refractivity contribution is 0.0977. The number of hydrogen-bond acceptors (Lipinski definition) is 3. The Kier molecular flexibility index (Phi) is 6.74. The van der Waals surface area contributed by atoms with E-state index < -0.39 is 0 Å². The highest BCUT2D eigenvalue weighted by atomic mass is 16.1. The van der Waals surface area contributed by atoms with Crippen molar-refractivity contribution in [2.45, 2.75) is 33.7 Å². The molecule has 148 valence electrons. The quantitative estimate of drug-likeness (QED) is 0.495. The molecule has 0 atom stereocenters. The van der Waals surface area contributed by atoms with Crippen LogP contribution in [0.1, 0.15) is 39.5 Å². The zero-order chi connectivity index (χ0) is 20.6. The molecule has 0 unspecified atom stereocenters. The van der Waals surface area contributed by atoms with Crippen LogP contribution in [0.25, 0.3) is 0 Å². The first-order valence-electron chi connectivity index (χ1n) is 9.73.